The van der Waals surface area contributed by atoms with Gasteiger partial charge in [0.15, 0.2) is 0 Å². The highest BCUT2D eigenvalue weighted by molar-refractivity contribution is 9.10. The average Bonchev–Trinajstić information content (AvgIpc) is 2.40. The quantitative estimate of drug-likeness (QED) is 0.718. The third kappa shape index (κ3) is 5.16. The van der Waals surface area contributed by atoms with E-state index >= 15 is 0 Å². The summed E-state index contributed by atoms with van der Waals surface area (Å²) in [5.41, 5.74) is 0.192. The number of carboxylic acids is 1. The van der Waals surface area contributed by atoms with Crippen LogP contribution in [0.1, 0.15) is 30.6 Å². The van der Waals surface area contributed by atoms with E-state index < -0.39 is 5.97 Å². The number of carboxylic acid groups (broad SMARTS) is 1. The summed E-state index contributed by atoms with van der Waals surface area (Å²) >= 11 is 3.22. The molecule has 1 aromatic heterocycles. The molecule has 106 valence electrons. The minimum Gasteiger partial charge on any atom is -0.478 e. The largest absolute Gasteiger partial charge is 0.478 e. The van der Waals surface area contributed by atoms with E-state index in [2.05, 4.69) is 45.0 Å². The third-order valence-electron chi connectivity index (χ3n) is 2.92. The number of carbonyl (C=O) groups is 1. The predicted molar refractivity (Wildman–Crippen MR) is 79.8 cm³/mol. The van der Waals surface area contributed by atoms with Crippen molar-refractivity contribution in [2.75, 3.05) is 31.5 Å². The summed E-state index contributed by atoms with van der Waals surface area (Å²) in [4.78, 5) is 17.5. The fourth-order valence-corrected chi connectivity index (χ4v) is 2.12. The van der Waals surface area contributed by atoms with Crippen molar-refractivity contribution < 1.29 is 9.90 Å². The Morgan fingerprint density at radius 3 is 2.74 bits per heavy atom. The number of hydrogen-bond donors (Lipinski definition) is 2. The highest BCUT2D eigenvalue weighted by Crippen LogP contribution is 2.17. The summed E-state index contributed by atoms with van der Waals surface area (Å²) in [7, 11) is 0. The van der Waals surface area contributed by atoms with E-state index in [1.54, 1.807) is 12.3 Å². The van der Waals surface area contributed by atoms with E-state index in [1.165, 1.54) is 0 Å². The molecule has 0 aliphatic carbocycles. The van der Waals surface area contributed by atoms with Gasteiger partial charge in [0, 0.05) is 17.2 Å². The Bertz CT molecular complexity index is 422. The maximum absolute atomic E-state index is 11.1. The lowest BCUT2D eigenvalue weighted by Gasteiger charge is -2.18. The summed E-state index contributed by atoms with van der Waals surface area (Å²) in [6.45, 7) is 8.05. The first-order valence-electron chi connectivity index (χ1n) is 6.43. The third-order valence-corrected chi connectivity index (χ3v) is 3.36. The number of aromatic nitrogens is 1. The first-order valence-corrected chi connectivity index (χ1v) is 7.22. The monoisotopic (exact) mass is 329 g/mol. The lowest BCUT2D eigenvalue weighted by molar-refractivity contribution is 0.0697. The van der Waals surface area contributed by atoms with Crippen molar-refractivity contribution in [2.45, 2.75) is 20.3 Å². The summed E-state index contributed by atoms with van der Waals surface area (Å²) in [5.74, 6) is -0.546. The van der Waals surface area contributed by atoms with Gasteiger partial charge in [-0.15, -0.1) is 0 Å². The van der Waals surface area contributed by atoms with Crippen molar-refractivity contribution in [1.29, 1.82) is 0 Å². The molecule has 6 heteroatoms. The van der Waals surface area contributed by atoms with Crippen LogP contribution in [0.15, 0.2) is 16.7 Å². The van der Waals surface area contributed by atoms with Crippen molar-refractivity contribution in [3.05, 3.63) is 22.3 Å². The van der Waals surface area contributed by atoms with Crippen LogP contribution in [0.2, 0.25) is 0 Å². The normalized spacial score (nSPS) is 10.7. The smallest absolute Gasteiger partial charge is 0.339 e. The molecule has 5 nitrogen and oxygen atoms in total. The zero-order valence-electron chi connectivity index (χ0n) is 11.3. The summed E-state index contributed by atoms with van der Waals surface area (Å²) in [6.07, 6.45) is 2.55. The molecule has 0 atom stereocenters. The van der Waals surface area contributed by atoms with Gasteiger partial charge in [0.2, 0.25) is 0 Å². The fraction of sp³-hybridized carbons (Fsp3) is 0.538. The lowest BCUT2D eigenvalue weighted by Crippen LogP contribution is -2.25. The van der Waals surface area contributed by atoms with Gasteiger partial charge in [-0.3, -0.25) is 0 Å². The van der Waals surface area contributed by atoms with Crippen LogP contribution < -0.4 is 5.32 Å². The number of rotatable bonds is 8. The van der Waals surface area contributed by atoms with Crippen molar-refractivity contribution in [1.82, 2.24) is 9.88 Å². The van der Waals surface area contributed by atoms with Crippen LogP contribution in [0.5, 0.6) is 0 Å². The molecule has 0 aliphatic heterocycles. The van der Waals surface area contributed by atoms with Crippen LogP contribution in [-0.4, -0.2) is 47.1 Å². The first kappa shape index (κ1) is 15.9. The van der Waals surface area contributed by atoms with Crippen molar-refractivity contribution in [3.8, 4) is 0 Å². The molecule has 1 heterocycles. The Kier molecular flexibility index (Phi) is 6.80. The number of halogens is 1. The highest BCUT2D eigenvalue weighted by Gasteiger charge is 2.11. The molecule has 0 bridgehead atoms. The molecule has 2 N–H and O–H groups in total. The van der Waals surface area contributed by atoms with E-state index in [1.807, 2.05) is 0 Å². The molecule has 0 aromatic carbocycles. The zero-order chi connectivity index (χ0) is 14.3. The van der Waals surface area contributed by atoms with Crippen LogP contribution in [0.25, 0.3) is 0 Å². The van der Waals surface area contributed by atoms with Gasteiger partial charge in [-0.1, -0.05) is 13.8 Å². The van der Waals surface area contributed by atoms with Gasteiger partial charge in [0.05, 0.1) is 0 Å². The summed E-state index contributed by atoms with van der Waals surface area (Å²) in [6, 6.07) is 1.56. The maximum atomic E-state index is 11.1. The minimum atomic E-state index is -0.972. The second-order valence-electron chi connectivity index (χ2n) is 4.16. The van der Waals surface area contributed by atoms with Gasteiger partial charge < -0.3 is 15.3 Å². The van der Waals surface area contributed by atoms with Crippen LogP contribution in [0, 0.1) is 0 Å². The SMILES string of the molecule is CCN(CC)CCCNc1ncc(Br)cc1C(=O)O. The van der Waals surface area contributed by atoms with Crippen LogP contribution >= 0.6 is 15.9 Å². The van der Waals surface area contributed by atoms with Gasteiger partial charge in [-0.05, 0) is 48.1 Å². The van der Waals surface area contributed by atoms with E-state index in [0.29, 0.717) is 16.8 Å². The van der Waals surface area contributed by atoms with Gasteiger partial charge in [-0.2, -0.15) is 0 Å². The predicted octanol–water partition coefficient (Wildman–Crippen LogP) is 2.69. The van der Waals surface area contributed by atoms with Crippen LogP contribution in [0.4, 0.5) is 5.82 Å². The Balaban J connectivity index is 2.51. The molecule has 0 unspecified atom stereocenters. The molecule has 1 aromatic rings. The molecule has 0 radical (unpaired) electrons. The number of aromatic carboxylic acids is 1. The molecule has 0 saturated carbocycles. The number of pyridine rings is 1. The molecule has 0 saturated heterocycles. The summed E-state index contributed by atoms with van der Waals surface area (Å²) < 4.78 is 0.665. The number of hydrogen-bond acceptors (Lipinski definition) is 4. The average molecular weight is 330 g/mol. The Hall–Kier alpha value is -1.14. The molecule has 0 fully saturated rings. The standard InChI is InChI=1S/C13H20BrN3O2/c1-3-17(4-2)7-5-6-15-12-11(13(18)19)8-10(14)9-16-12/h8-9H,3-7H2,1-2H3,(H,15,16)(H,18,19). The first-order chi connectivity index (χ1) is 9.08. The van der Waals surface area contributed by atoms with E-state index in [0.717, 1.165) is 26.1 Å². The number of anilines is 1. The number of nitrogens with one attached hydrogen (secondary N) is 1. The topological polar surface area (TPSA) is 65.5 Å². The van der Waals surface area contributed by atoms with Crippen molar-refractivity contribution in [2.24, 2.45) is 0 Å². The molecular formula is C13H20BrN3O2. The van der Waals surface area contributed by atoms with E-state index in [-0.39, 0.29) is 5.56 Å². The Morgan fingerprint density at radius 2 is 2.16 bits per heavy atom. The molecular weight excluding hydrogens is 310 g/mol. The molecule has 1 rings (SSSR count). The highest BCUT2D eigenvalue weighted by atomic mass is 79.9. The fourth-order valence-electron chi connectivity index (χ4n) is 1.79. The molecule has 0 aliphatic rings. The van der Waals surface area contributed by atoms with Gasteiger partial charge in [0.25, 0.3) is 0 Å². The second kappa shape index (κ2) is 8.12. The maximum Gasteiger partial charge on any atom is 0.339 e. The van der Waals surface area contributed by atoms with Crippen molar-refractivity contribution in [3.63, 3.8) is 0 Å². The van der Waals surface area contributed by atoms with Crippen LogP contribution in [0.3, 0.4) is 0 Å². The molecule has 19 heavy (non-hydrogen) atoms. The van der Waals surface area contributed by atoms with E-state index in [4.69, 9.17) is 5.11 Å². The van der Waals surface area contributed by atoms with Gasteiger partial charge in [0.1, 0.15) is 11.4 Å². The Labute approximate surface area is 122 Å². The molecule has 0 amide bonds. The van der Waals surface area contributed by atoms with Crippen molar-refractivity contribution >= 4 is 27.7 Å². The number of nitrogens with zero attached hydrogens (tertiary/aromatic N) is 2. The van der Waals surface area contributed by atoms with Gasteiger partial charge >= 0.3 is 5.97 Å². The summed E-state index contributed by atoms with van der Waals surface area (Å²) in [5, 5.41) is 12.2. The van der Waals surface area contributed by atoms with Gasteiger partial charge in [-0.25, -0.2) is 9.78 Å². The Morgan fingerprint density at radius 1 is 1.47 bits per heavy atom. The lowest BCUT2D eigenvalue weighted by atomic mass is 10.2. The molecule has 0 spiro atoms. The van der Waals surface area contributed by atoms with Crippen LogP contribution in [-0.2, 0) is 0 Å². The zero-order valence-corrected chi connectivity index (χ0v) is 12.9. The van der Waals surface area contributed by atoms with E-state index in [9.17, 15) is 4.79 Å². The minimum absolute atomic E-state index is 0.192. The second-order valence-corrected chi connectivity index (χ2v) is 5.08.